The third-order valence-corrected chi connectivity index (χ3v) is 4.07. The van der Waals surface area contributed by atoms with E-state index in [2.05, 4.69) is 0 Å². The van der Waals surface area contributed by atoms with Crippen LogP contribution in [0.4, 0.5) is 0 Å². The normalized spacial score (nSPS) is 11.4. The summed E-state index contributed by atoms with van der Waals surface area (Å²) in [4.78, 5) is 13.8. The van der Waals surface area contributed by atoms with Crippen molar-refractivity contribution in [1.82, 2.24) is 4.90 Å². The van der Waals surface area contributed by atoms with E-state index >= 15 is 0 Å². The van der Waals surface area contributed by atoms with E-state index in [1.54, 1.807) is 24.1 Å². The zero-order chi connectivity index (χ0) is 13.9. The van der Waals surface area contributed by atoms with Gasteiger partial charge in [-0.2, -0.15) is 0 Å². The van der Waals surface area contributed by atoms with Crippen molar-refractivity contribution >= 4 is 40.7 Å². The number of amides is 1. The molecule has 0 heterocycles. The first-order valence-electron chi connectivity index (χ1n) is 5.53. The second kappa shape index (κ2) is 6.14. The zero-order valence-electron chi connectivity index (χ0n) is 10.6. The number of hydrogen-bond donors (Lipinski definition) is 0. The summed E-state index contributed by atoms with van der Waals surface area (Å²) < 4.78 is 0. The quantitative estimate of drug-likeness (QED) is 0.763. The highest BCUT2D eigenvalue weighted by Gasteiger charge is 2.29. The van der Waals surface area contributed by atoms with Crippen LogP contribution in [0.5, 0.6) is 0 Å². The Hall–Kier alpha value is -0.440. The molecule has 0 atom stereocenters. The van der Waals surface area contributed by atoms with Crippen LogP contribution >= 0.6 is 34.8 Å². The second-order valence-electron chi connectivity index (χ2n) is 4.93. The number of hydrogen-bond acceptors (Lipinski definition) is 1. The van der Waals surface area contributed by atoms with Crippen LogP contribution in [0.25, 0.3) is 0 Å². The van der Waals surface area contributed by atoms with Crippen molar-refractivity contribution in [2.75, 3.05) is 12.9 Å². The fourth-order valence-electron chi connectivity index (χ4n) is 1.56. The summed E-state index contributed by atoms with van der Waals surface area (Å²) in [6.07, 6.45) is 0. The van der Waals surface area contributed by atoms with Crippen molar-refractivity contribution in [3.8, 4) is 0 Å². The Labute approximate surface area is 123 Å². The highest BCUT2D eigenvalue weighted by molar-refractivity contribution is 6.42. The molecular formula is C13H16Cl3NO. The zero-order valence-corrected chi connectivity index (χ0v) is 12.9. The lowest BCUT2D eigenvalue weighted by molar-refractivity contribution is -0.138. The SMILES string of the molecule is CN(Cc1ccc(Cl)c(Cl)c1)C(=O)C(C)(C)CCl. The summed E-state index contributed by atoms with van der Waals surface area (Å²) in [5.41, 5.74) is 0.373. The summed E-state index contributed by atoms with van der Waals surface area (Å²) in [5.74, 6) is 0.293. The van der Waals surface area contributed by atoms with Crippen LogP contribution < -0.4 is 0 Å². The molecule has 0 aliphatic rings. The smallest absolute Gasteiger partial charge is 0.229 e. The molecule has 100 valence electrons. The molecule has 0 spiro atoms. The van der Waals surface area contributed by atoms with Gasteiger partial charge >= 0.3 is 0 Å². The van der Waals surface area contributed by atoms with Crippen molar-refractivity contribution in [1.29, 1.82) is 0 Å². The molecule has 0 saturated heterocycles. The third kappa shape index (κ3) is 3.78. The number of nitrogens with zero attached hydrogens (tertiary/aromatic N) is 1. The molecule has 0 radical (unpaired) electrons. The second-order valence-corrected chi connectivity index (χ2v) is 6.01. The van der Waals surface area contributed by atoms with E-state index in [-0.39, 0.29) is 11.8 Å². The largest absolute Gasteiger partial charge is 0.341 e. The summed E-state index contributed by atoms with van der Waals surface area (Å²) in [5, 5.41) is 1.00. The monoisotopic (exact) mass is 307 g/mol. The first-order chi connectivity index (χ1) is 8.27. The molecule has 1 rings (SSSR count). The highest BCUT2D eigenvalue weighted by Crippen LogP contribution is 2.25. The maximum absolute atomic E-state index is 12.1. The molecule has 2 nitrogen and oxygen atoms in total. The first kappa shape index (κ1) is 15.6. The van der Waals surface area contributed by atoms with Gasteiger partial charge in [0.1, 0.15) is 0 Å². The van der Waals surface area contributed by atoms with Crippen molar-refractivity contribution < 1.29 is 4.79 Å². The van der Waals surface area contributed by atoms with Crippen LogP contribution in [0.3, 0.4) is 0 Å². The molecule has 1 amide bonds. The van der Waals surface area contributed by atoms with Crippen molar-refractivity contribution in [2.45, 2.75) is 20.4 Å². The molecule has 0 saturated carbocycles. The van der Waals surface area contributed by atoms with Crippen molar-refractivity contribution in [2.24, 2.45) is 5.41 Å². The van der Waals surface area contributed by atoms with Gasteiger partial charge in [0.05, 0.1) is 15.5 Å². The summed E-state index contributed by atoms with van der Waals surface area (Å²) in [7, 11) is 1.75. The number of rotatable bonds is 4. The predicted octanol–water partition coefficient (Wildman–Crippen LogP) is 4.22. The van der Waals surface area contributed by atoms with Gasteiger partial charge in [0.15, 0.2) is 0 Å². The van der Waals surface area contributed by atoms with Gasteiger partial charge in [-0.15, -0.1) is 11.6 Å². The van der Waals surface area contributed by atoms with Crippen LogP contribution in [0, 0.1) is 5.41 Å². The molecule has 0 unspecified atom stereocenters. The molecule has 18 heavy (non-hydrogen) atoms. The Morgan fingerprint density at radius 1 is 1.28 bits per heavy atom. The van der Waals surface area contributed by atoms with Gasteiger partial charge in [0.2, 0.25) is 5.91 Å². The van der Waals surface area contributed by atoms with Gasteiger partial charge in [-0.05, 0) is 31.5 Å². The lowest BCUT2D eigenvalue weighted by atomic mass is 9.94. The average Bonchev–Trinajstić information content (AvgIpc) is 2.32. The average molecular weight is 309 g/mol. The van der Waals surface area contributed by atoms with Crippen LogP contribution in [-0.2, 0) is 11.3 Å². The maximum atomic E-state index is 12.1. The third-order valence-electron chi connectivity index (χ3n) is 2.66. The van der Waals surface area contributed by atoms with E-state index in [9.17, 15) is 4.79 Å². The predicted molar refractivity (Wildman–Crippen MR) is 77.4 cm³/mol. The maximum Gasteiger partial charge on any atom is 0.229 e. The van der Waals surface area contributed by atoms with Crippen molar-refractivity contribution in [3.05, 3.63) is 33.8 Å². The highest BCUT2D eigenvalue weighted by atomic mass is 35.5. The van der Waals surface area contributed by atoms with E-state index in [1.807, 2.05) is 19.9 Å². The number of carbonyl (C=O) groups is 1. The van der Waals surface area contributed by atoms with Gasteiger partial charge in [-0.1, -0.05) is 29.3 Å². The van der Waals surface area contributed by atoms with Gasteiger partial charge in [-0.25, -0.2) is 0 Å². The van der Waals surface area contributed by atoms with Crippen molar-refractivity contribution in [3.63, 3.8) is 0 Å². The molecule has 0 bridgehead atoms. The molecule has 0 aromatic heterocycles. The number of halogens is 3. The number of carbonyl (C=O) groups excluding carboxylic acids is 1. The van der Waals surface area contributed by atoms with Crippen LogP contribution in [0.15, 0.2) is 18.2 Å². The van der Waals surface area contributed by atoms with Gasteiger partial charge in [-0.3, -0.25) is 4.79 Å². The first-order valence-corrected chi connectivity index (χ1v) is 6.82. The van der Waals surface area contributed by atoms with E-state index in [4.69, 9.17) is 34.8 Å². The Bertz CT molecular complexity index is 446. The van der Waals surface area contributed by atoms with E-state index in [1.165, 1.54) is 0 Å². The van der Waals surface area contributed by atoms with Gasteiger partial charge in [0, 0.05) is 19.5 Å². The molecule has 1 aromatic rings. The Morgan fingerprint density at radius 2 is 1.89 bits per heavy atom. The Kier molecular flexibility index (Phi) is 5.32. The molecule has 0 aliphatic carbocycles. The summed E-state index contributed by atoms with van der Waals surface area (Å²) in [6, 6.07) is 5.34. The molecule has 0 N–H and O–H groups in total. The Balaban J connectivity index is 2.78. The Morgan fingerprint density at radius 3 is 2.39 bits per heavy atom. The molecule has 1 aromatic carbocycles. The minimum Gasteiger partial charge on any atom is -0.341 e. The van der Waals surface area contributed by atoms with Crippen LogP contribution in [-0.4, -0.2) is 23.7 Å². The molecular weight excluding hydrogens is 293 g/mol. The minimum atomic E-state index is -0.563. The lowest BCUT2D eigenvalue weighted by Gasteiger charge is -2.27. The fourth-order valence-corrected chi connectivity index (χ4v) is 1.99. The molecule has 0 aliphatic heterocycles. The van der Waals surface area contributed by atoms with E-state index in [0.29, 0.717) is 16.6 Å². The summed E-state index contributed by atoms with van der Waals surface area (Å²) >= 11 is 17.6. The van der Waals surface area contributed by atoms with E-state index < -0.39 is 5.41 Å². The number of benzene rings is 1. The molecule has 0 fully saturated rings. The standard InChI is InChI=1S/C13H16Cl3NO/c1-13(2,8-14)12(18)17(3)7-9-4-5-10(15)11(16)6-9/h4-6H,7-8H2,1-3H3. The van der Waals surface area contributed by atoms with Gasteiger partial charge in [0.25, 0.3) is 0 Å². The molecule has 5 heteroatoms. The topological polar surface area (TPSA) is 20.3 Å². The van der Waals surface area contributed by atoms with E-state index in [0.717, 1.165) is 5.56 Å². The number of alkyl halides is 1. The summed E-state index contributed by atoms with van der Waals surface area (Å²) in [6.45, 7) is 4.14. The van der Waals surface area contributed by atoms with Crippen LogP contribution in [0.1, 0.15) is 19.4 Å². The fraction of sp³-hybridized carbons (Fsp3) is 0.462. The van der Waals surface area contributed by atoms with Crippen LogP contribution in [0.2, 0.25) is 10.0 Å². The minimum absolute atomic E-state index is 0.00331. The lowest BCUT2D eigenvalue weighted by Crippen LogP contribution is -2.39. The van der Waals surface area contributed by atoms with Gasteiger partial charge < -0.3 is 4.90 Å².